The highest BCUT2D eigenvalue weighted by atomic mass is 14.9. The van der Waals surface area contributed by atoms with Crippen molar-refractivity contribution in [2.24, 2.45) is 0 Å². The van der Waals surface area contributed by atoms with Crippen LogP contribution in [-0.2, 0) is 0 Å². The second-order valence-corrected chi connectivity index (χ2v) is 7.63. The lowest BCUT2D eigenvalue weighted by atomic mass is 9.92. The average molecular weight is 384 g/mol. The Morgan fingerprint density at radius 3 is 1.40 bits per heavy atom. The first-order valence-corrected chi connectivity index (χ1v) is 10.2. The quantitative estimate of drug-likeness (QED) is 0.300. The van der Waals surface area contributed by atoms with Crippen LogP contribution in [0.5, 0.6) is 0 Å². The van der Waals surface area contributed by atoms with Gasteiger partial charge in [-0.05, 0) is 46.5 Å². The molecule has 6 aromatic rings. The van der Waals surface area contributed by atoms with Gasteiger partial charge in [-0.15, -0.1) is 0 Å². The predicted molar refractivity (Wildman–Crippen MR) is 130 cm³/mol. The molecular formula is C28H20N2. The van der Waals surface area contributed by atoms with E-state index in [9.17, 15) is 0 Å². The molecule has 142 valence electrons. The Balaban J connectivity index is 1.65. The van der Waals surface area contributed by atoms with Gasteiger partial charge in [-0.1, -0.05) is 78.9 Å². The van der Waals surface area contributed by atoms with E-state index in [-0.39, 0.29) is 0 Å². The normalized spacial score (nSPS) is 11.3. The molecule has 0 spiro atoms. The van der Waals surface area contributed by atoms with E-state index in [0.29, 0.717) is 0 Å². The number of rotatable bonds is 4. The summed E-state index contributed by atoms with van der Waals surface area (Å²) in [6.45, 7) is 0. The van der Waals surface area contributed by atoms with Gasteiger partial charge in [0, 0.05) is 38.9 Å². The molecule has 0 aliphatic rings. The first-order valence-electron chi connectivity index (χ1n) is 10.2. The summed E-state index contributed by atoms with van der Waals surface area (Å²) in [5, 5.41) is 14.9. The topological polar surface area (TPSA) is 24.1 Å². The first-order chi connectivity index (χ1) is 14.9. The number of benzene rings is 6. The summed E-state index contributed by atoms with van der Waals surface area (Å²) in [5.74, 6) is 0. The molecule has 0 heterocycles. The molecule has 0 aliphatic heterocycles. The Kier molecular flexibility index (Phi) is 3.82. The van der Waals surface area contributed by atoms with Crippen molar-refractivity contribution in [2.75, 3.05) is 10.6 Å². The van der Waals surface area contributed by atoms with Crippen LogP contribution in [0.3, 0.4) is 0 Å². The van der Waals surface area contributed by atoms with Crippen LogP contribution in [0.25, 0.3) is 32.3 Å². The zero-order valence-electron chi connectivity index (χ0n) is 16.4. The highest BCUT2D eigenvalue weighted by molar-refractivity contribution is 6.28. The van der Waals surface area contributed by atoms with Crippen LogP contribution in [0.2, 0.25) is 0 Å². The highest BCUT2D eigenvalue weighted by Crippen LogP contribution is 2.42. The van der Waals surface area contributed by atoms with Crippen LogP contribution in [0, 0.1) is 0 Å². The number of hydrogen-bond acceptors (Lipinski definition) is 2. The number of hydrogen-bond donors (Lipinski definition) is 2. The molecule has 0 amide bonds. The van der Waals surface area contributed by atoms with Gasteiger partial charge in [-0.3, -0.25) is 0 Å². The van der Waals surface area contributed by atoms with Crippen LogP contribution in [0.4, 0.5) is 22.7 Å². The number of para-hydroxylation sites is 2. The van der Waals surface area contributed by atoms with E-state index in [1.165, 1.54) is 32.3 Å². The van der Waals surface area contributed by atoms with E-state index in [2.05, 4.69) is 108 Å². The lowest BCUT2D eigenvalue weighted by molar-refractivity contribution is 1.55. The van der Waals surface area contributed by atoms with Gasteiger partial charge in [0.05, 0.1) is 0 Å². The third-order valence-electron chi connectivity index (χ3n) is 5.75. The van der Waals surface area contributed by atoms with E-state index in [1.54, 1.807) is 0 Å². The fourth-order valence-electron chi connectivity index (χ4n) is 4.39. The maximum Gasteiger partial charge on any atom is 0.0485 e. The van der Waals surface area contributed by atoms with Crippen molar-refractivity contribution >= 4 is 55.1 Å². The van der Waals surface area contributed by atoms with Gasteiger partial charge in [0.15, 0.2) is 0 Å². The maximum absolute atomic E-state index is 3.64. The number of anilines is 4. The van der Waals surface area contributed by atoms with Gasteiger partial charge in [0.25, 0.3) is 0 Å². The summed E-state index contributed by atoms with van der Waals surface area (Å²) in [6.07, 6.45) is 0. The minimum absolute atomic E-state index is 1.08. The van der Waals surface area contributed by atoms with Gasteiger partial charge in [-0.2, -0.15) is 0 Å². The third kappa shape index (κ3) is 2.73. The molecule has 6 aromatic carbocycles. The molecule has 0 saturated carbocycles. The molecule has 2 heteroatoms. The Hall–Kier alpha value is -4.04. The molecule has 30 heavy (non-hydrogen) atoms. The molecule has 2 N–H and O–H groups in total. The smallest absolute Gasteiger partial charge is 0.0485 e. The van der Waals surface area contributed by atoms with Crippen LogP contribution in [0.15, 0.2) is 109 Å². The monoisotopic (exact) mass is 384 g/mol. The first kappa shape index (κ1) is 16.9. The van der Waals surface area contributed by atoms with Crippen molar-refractivity contribution in [2.45, 2.75) is 0 Å². The lowest BCUT2D eigenvalue weighted by Gasteiger charge is -2.19. The lowest BCUT2D eigenvalue weighted by Crippen LogP contribution is -1.97. The SMILES string of the molecule is c1ccc(Nc2cc(Nc3ccccc3)c3ccc4cccc5ccc2c3c54)cc1. The van der Waals surface area contributed by atoms with E-state index in [0.717, 1.165) is 22.7 Å². The van der Waals surface area contributed by atoms with Crippen LogP contribution < -0.4 is 10.6 Å². The number of nitrogens with one attached hydrogen (secondary N) is 2. The molecule has 0 aliphatic carbocycles. The molecule has 0 unspecified atom stereocenters. The van der Waals surface area contributed by atoms with Crippen LogP contribution >= 0.6 is 0 Å². The summed E-state index contributed by atoms with van der Waals surface area (Å²) in [7, 11) is 0. The second-order valence-electron chi connectivity index (χ2n) is 7.63. The molecule has 0 aromatic heterocycles. The Labute approximate surface area is 175 Å². The largest absolute Gasteiger partial charge is 0.355 e. The molecule has 0 radical (unpaired) electrons. The molecule has 0 saturated heterocycles. The molecule has 6 rings (SSSR count). The van der Waals surface area contributed by atoms with Crippen LogP contribution in [-0.4, -0.2) is 0 Å². The van der Waals surface area contributed by atoms with Crippen molar-refractivity contribution in [3.63, 3.8) is 0 Å². The zero-order valence-corrected chi connectivity index (χ0v) is 16.4. The van der Waals surface area contributed by atoms with Gasteiger partial charge in [0.2, 0.25) is 0 Å². The average Bonchev–Trinajstić information content (AvgIpc) is 2.80. The van der Waals surface area contributed by atoms with Crippen molar-refractivity contribution in [1.82, 2.24) is 0 Å². The van der Waals surface area contributed by atoms with Crippen molar-refractivity contribution in [3.05, 3.63) is 109 Å². The Morgan fingerprint density at radius 1 is 0.400 bits per heavy atom. The molecule has 0 atom stereocenters. The van der Waals surface area contributed by atoms with Crippen molar-refractivity contribution < 1.29 is 0 Å². The maximum atomic E-state index is 3.64. The molecular weight excluding hydrogens is 364 g/mol. The van der Waals surface area contributed by atoms with Gasteiger partial charge < -0.3 is 10.6 Å². The van der Waals surface area contributed by atoms with E-state index >= 15 is 0 Å². The van der Waals surface area contributed by atoms with Gasteiger partial charge in [-0.25, -0.2) is 0 Å². The Bertz CT molecular complexity index is 1360. The van der Waals surface area contributed by atoms with E-state index in [4.69, 9.17) is 0 Å². The summed E-state index contributed by atoms with van der Waals surface area (Å²) in [5.41, 5.74) is 4.37. The van der Waals surface area contributed by atoms with Crippen molar-refractivity contribution in [1.29, 1.82) is 0 Å². The molecule has 0 bridgehead atoms. The van der Waals surface area contributed by atoms with Crippen LogP contribution in [0.1, 0.15) is 0 Å². The van der Waals surface area contributed by atoms with E-state index in [1.807, 2.05) is 12.1 Å². The molecule has 0 fully saturated rings. The highest BCUT2D eigenvalue weighted by Gasteiger charge is 2.15. The minimum Gasteiger partial charge on any atom is -0.355 e. The fourth-order valence-corrected chi connectivity index (χ4v) is 4.39. The minimum atomic E-state index is 1.08. The van der Waals surface area contributed by atoms with Gasteiger partial charge in [0.1, 0.15) is 0 Å². The second kappa shape index (κ2) is 6.78. The third-order valence-corrected chi connectivity index (χ3v) is 5.75. The summed E-state index contributed by atoms with van der Waals surface area (Å²) < 4.78 is 0. The molecule has 2 nitrogen and oxygen atoms in total. The summed E-state index contributed by atoms with van der Waals surface area (Å²) >= 11 is 0. The fraction of sp³-hybridized carbons (Fsp3) is 0. The van der Waals surface area contributed by atoms with E-state index < -0.39 is 0 Å². The summed E-state index contributed by atoms with van der Waals surface area (Å²) in [4.78, 5) is 0. The predicted octanol–water partition coefficient (Wildman–Crippen LogP) is 8.07. The van der Waals surface area contributed by atoms with Crippen molar-refractivity contribution in [3.8, 4) is 0 Å². The Morgan fingerprint density at radius 2 is 0.900 bits per heavy atom. The zero-order chi connectivity index (χ0) is 19.9. The van der Waals surface area contributed by atoms with Gasteiger partial charge >= 0.3 is 0 Å². The summed E-state index contributed by atoms with van der Waals surface area (Å²) in [6, 6.07) is 38.4. The standard InChI is InChI=1S/C28H20N2/c1-3-10-21(11-4-1)29-25-18-26(30-22-12-5-2-6-13-22)24-17-15-20-9-7-8-19-14-16-23(25)28(24)27(19)20/h1-18,29-30H.